The minimum absolute atomic E-state index is 0.00139. The maximum absolute atomic E-state index is 12.5. The Morgan fingerprint density at radius 2 is 2.30 bits per heavy atom. The van der Waals surface area contributed by atoms with Crippen LogP contribution in [0.3, 0.4) is 0 Å². The number of hydrogen-bond acceptors (Lipinski definition) is 4. The van der Waals surface area contributed by atoms with E-state index in [0.717, 1.165) is 19.4 Å². The first-order chi connectivity index (χ1) is 9.65. The number of nitrogen functional groups attached to an aromatic ring is 1. The van der Waals surface area contributed by atoms with E-state index >= 15 is 0 Å². The summed E-state index contributed by atoms with van der Waals surface area (Å²) in [5, 5.41) is 0. The summed E-state index contributed by atoms with van der Waals surface area (Å²) in [5.41, 5.74) is 7.01. The van der Waals surface area contributed by atoms with Crippen LogP contribution in [0.25, 0.3) is 0 Å². The lowest BCUT2D eigenvalue weighted by molar-refractivity contribution is 0.0269. The maximum atomic E-state index is 12.5. The summed E-state index contributed by atoms with van der Waals surface area (Å²) in [5.74, 6) is 0.624. The number of carbonyl (C=O) groups is 1. The maximum Gasteiger partial charge on any atom is 0.254 e. The predicted octanol–water partition coefficient (Wildman–Crippen LogP) is 1.92. The van der Waals surface area contributed by atoms with Gasteiger partial charge in [-0.15, -0.1) is 0 Å². The van der Waals surface area contributed by atoms with E-state index in [-0.39, 0.29) is 12.0 Å². The Morgan fingerprint density at radius 3 is 2.95 bits per heavy atom. The number of anilines is 1. The van der Waals surface area contributed by atoms with Gasteiger partial charge < -0.3 is 20.1 Å². The number of amides is 1. The van der Waals surface area contributed by atoms with Crippen molar-refractivity contribution in [2.24, 2.45) is 0 Å². The van der Waals surface area contributed by atoms with Gasteiger partial charge in [0.25, 0.3) is 5.91 Å². The van der Waals surface area contributed by atoms with Crippen LogP contribution in [-0.2, 0) is 4.74 Å². The lowest BCUT2D eigenvalue weighted by Gasteiger charge is -2.32. The molecular weight excluding hydrogens is 256 g/mol. The molecule has 5 nitrogen and oxygen atoms in total. The summed E-state index contributed by atoms with van der Waals surface area (Å²) >= 11 is 0. The fourth-order valence-corrected chi connectivity index (χ4v) is 2.47. The summed E-state index contributed by atoms with van der Waals surface area (Å²) in [6.45, 7) is 3.87. The number of methoxy groups -OCH3 is 1. The molecule has 0 saturated carbocycles. The van der Waals surface area contributed by atoms with Crippen LogP contribution in [0.4, 0.5) is 5.69 Å². The highest BCUT2D eigenvalue weighted by atomic mass is 16.5. The lowest BCUT2D eigenvalue weighted by Crippen LogP contribution is -2.42. The smallest absolute Gasteiger partial charge is 0.254 e. The standard InChI is InChI=1S/C15H22N2O3/c1-3-20-14-7-6-11(9-13(14)16)15(18)17-8-4-5-12(10-17)19-2/h6-7,9,12H,3-5,8,10,16H2,1-2H3. The van der Waals surface area contributed by atoms with Gasteiger partial charge in [0.2, 0.25) is 0 Å². The number of hydrogen-bond donors (Lipinski definition) is 1. The van der Waals surface area contributed by atoms with Gasteiger partial charge in [-0.1, -0.05) is 0 Å². The molecule has 1 aromatic carbocycles. The molecule has 0 bridgehead atoms. The summed E-state index contributed by atoms with van der Waals surface area (Å²) in [6.07, 6.45) is 2.11. The second-order valence-corrected chi connectivity index (χ2v) is 4.94. The van der Waals surface area contributed by atoms with Crippen LogP contribution >= 0.6 is 0 Å². The predicted molar refractivity (Wildman–Crippen MR) is 78.0 cm³/mol. The molecule has 1 amide bonds. The van der Waals surface area contributed by atoms with Crippen molar-refractivity contribution in [3.05, 3.63) is 23.8 Å². The quantitative estimate of drug-likeness (QED) is 0.855. The van der Waals surface area contributed by atoms with E-state index in [2.05, 4.69) is 0 Å². The van der Waals surface area contributed by atoms with Gasteiger partial charge in [0.15, 0.2) is 0 Å². The molecule has 0 spiro atoms. The number of nitrogens with zero attached hydrogens (tertiary/aromatic N) is 1. The minimum atomic E-state index is 0.00139. The molecule has 1 heterocycles. The Labute approximate surface area is 119 Å². The summed E-state index contributed by atoms with van der Waals surface area (Å²) in [4.78, 5) is 14.3. The Hall–Kier alpha value is -1.75. The third-order valence-electron chi connectivity index (χ3n) is 3.56. The zero-order valence-electron chi connectivity index (χ0n) is 12.1. The first kappa shape index (κ1) is 14.7. The second kappa shape index (κ2) is 6.61. The molecule has 5 heteroatoms. The zero-order valence-corrected chi connectivity index (χ0v) is 12.1. The Bertz CT molecular complexity index is 476. The van der Waals surface area contributed by atoms with E-state index in [1.165, 1.54) is 0 Å². The minimum Gasteiger partial charge on any atom is -0.492 e. The molecule has 1 aliphatic rings. The van der Waals surface area contributed by atoms with Gasteiger partial charge in [0.1, 0.15) is 5.75 Å². The van der Waals surface area contributed by atoms with Crippen molar-refractivity contribution < 1.29 is 14.3 Å². The van der Waals surface area contributed by atoms with Gasteiger partial charge in [0, 0.05) is 25.8 Å². The molecule has 110 valence electrons. The number of likely N-dealkylation sites (tertiary alicyclic amines) is 1. The number of piperidine rings is 1. The topological polar surface area (TPSA) is 64.8 Å². The van der Waals surface area contributed by atoms with E-state index in [1.807, 2.05) is 11.8 Å². The molecular formula is C15H22N2O3. The monoisotopic (exact) mass is 278 g/mol. The molecule has 0 aromatic heterocycles. The van der Waals surface area contributed by atoms with Crippen molar-refractivity contribution in [3.8, 4) is 5.75 Å². The highest BCUT2D eigenvalue weighted by Crippen LogP contribution is 2.24. The lowest BCUT2D eigenvalue weighted by atomic mass is 10.1. The Kier molecular flexibility index (Phi) is 4.84. The number of benzene rings is 1. The Morgan fingerprint density at radius 1 is 1.50 bits per heavy atom. The van der Waals surface area contributed by atoms with Gasteiger partial charge in [0.05, 0.1) is 18.4 Å². The van der Waals surface area contributed by atoms with Crippen molar-refractivity contribution in [1.82, 2.24) is 4.90 Å². The summed E-state index contributed by atoms with van der Waals surface area (Å²) in [7, 11) is 1.69. The van der Waals surface area contributed by atoms with E-state index < -0.39 is 0 Å². The average Bonchev–Trinajstić information content (AvgIpc) is 2.49. The Balaban J connectivity index is 2.10. The molecule has 1 unspecified atom stereocenters. The number of carbonyl (C=O) groups excluding carboxylic acids is 1. The van der Waals surface area contributed by atoms with Gasteiger partial charge in [-0.25, -0.2) is 0 Å². The van der Waals surface area contributed by atoms with Crippen LogP contribution in [0, 0.1) is 0 Å². The summed E-state index contributed by atoms with van der Waals surface area (Å²) < 4.78 is 10.7. The molecule has 1 saturated heterocycles. The zero-order chi connectivity index (χ0) is 14.5. The fourth-order valence-electron chi connectivity index (χ4n) is 2.47. The molecule has 20 heavy (non-hydrogen) atoms. The molecule has 2 N–H and O–H groups in total. The van der Waals surface area contributed by atoms with Crippen molar-refractivity contribution in [2.45, 2.75) is 25.9 Å². The van der Waals surface area contributed by atoms with Crippen molar-refractivity contribution in [3.63, 3.8) is 0 Å². The molecule has 2 rings (SSSR count). The van der Waals surface area contributed by atoms with Crippen LogP contribution in [0.15, 0.2) is 18.2 Å². The van der Waals surface area contributed by atoms with Crippen molar-refractivity contribution >= 4 is 11.6 Å². The fraction of sp³-hybridized carbons (Fsp3) is 0.533. The van der Waals surface area contributed by atoms with Crippen LogP contribution in [0.2, 0.25) is 0 Å². The van der Waals surface area contributed by atoms with Gasteiger partial charge in [-0.3, -0.25) is 4.79 Å². The molecule has 1 aromatic rings. The number of ether oxygens (including phenoxy) is 2. The molecule has 0 aliphatic carbocycles. The first-order valence-corrected chi connectivity index (χ1v) is 7.00. The first-order valence-electron chi connectivity index (χ1n) is 7.00. The van der Waals surface area contributed by atoms with Crippen molar-refractivity contribution in [2.75, 3.05) is 32.5 Å². The van der Waals surface area contributed by atoms with E-state index in [0.29, 0.717) is 30.2 Å². The van der Waals surface area contributed by atoms with E-state index in [4.69, 9.17) is 15.2 Å². The van der Waals surface area contributed by atoms with Gasteiger partial charge in [-0.2, -0.15) is 0 Å². The van der Waals surface area contributed by atoms with Crippen LogP contribution in [0.5, 0.6) is 5.75 Å². The van der Waals surface area contributed by atoms with Crippen LogP contribution in [0.1, 0.15) is 30.1 Å². The van der Waals surface area contributed by atoms with E-state index in [9.17, 15) is 4.79 Å². The highest BCUT2D eigenvalue weighted by Gasteiger charge is 2.24. The molecule has 1 atom stereocenters. The normalized spacial score (nSPS) is 18.9. The number of nitrogens with two attached hydrogens (primary N) is 1. The second-order valence-electron chi connectivity index (χ2n) is 4.94. The van der Waals surface area contributed by atoms with Gasteiger partial charge in [-0.05, 0) is 38.0 Å². The van der Waals surface area contributed by atoms with Crippen LogP contribution < -0.4 is 10.5 Å². The SMILES string of the molecule is CCOc1ccc(C(=O)N2CCCC(OC)C2)cc1N. The van der Waals surface area contributed by atoms with E-state index in [1.54, 1.807) is 25.3 Å². The van der Waals surface area contributed by atoms with Gasteiger partial charge >= 0.3 is 0 Å². The average molecular weight is 278 g/mol. The highest BCUT2D eigenvalue weighted by molar-refractivity contribution is 5.95. The van der Waals surface area contributed by atoms with Crippen molar-refractivity contribution in [1.29, 1.82) is 0 Å². The molecule has 1 fully saturated rings. The van der Waals surface area contributed by atoms with Crippen LogP contribution in [-0.4, -0.2) is 43.7 Å². The molecule has 0 radical (unpaired) electrons. The molecule has 1 aliphatic heterocycles. The number of rotatable bonds is 4. The largest absolute Gasteiger partial charge is 0.492 e. The summed E-state index contributed by atoms with van der Waals surface area (Å²) in [6, 6.07) is 5.20. The third-order valence-corrected chi connectivity index (χ3v) is 3.56. The third kappa shape index (κ3) is 3.22.